The molecule has 2 rings (SSSR count). The third-order valence-corrected chi connectivity index (χ3v) is 4.52. The van der Waals surface area contributed by atoms with Crippen molar-refractivity contribution in [1.82, 2.24) is 0 Å². The van der Waals surface area contributed by atoms with Crippen molar-refractivity contribution in [2.24, 2.45) is 11.8 Å². The molecule has 0 spiro atoms. The van der Waals surface area contributed by atoms with Gasteiger partial charge in [0.1, 0.15) is 6.61 Å². The number of hydrogen-bond donors (Lipinski definition) is 0. The summed E-state index contributed by atoms with van der Waals surface area (Å²) < 4.78 is 6.76. The summed E-state index contributed by atoms with van der Waals surface area (Å²) >= 11 is 2.24. The molecule has 0 amide bonds. The third-order valence-electron chi connectivity index (χ3n) is 3.80. The number of ether oxygens (including phenoxy) is 1. The Labute approximate surface area is 129 Å². The van der Waals surface area contributed by atoms with Gasteiger partial charge in [0, 0.05) is 9.13 Å². The molecule has 0 radical (unpaired) electrons. The van der Waals surface area contributed by atoms with Crippen molar-refractivity contribution in [3.8, 4) is 0 Å². The van der Waals surface area contributed by atoms with Gasteiger partial charge in [0.25, 0.3) is 0 Å². The van der Waals surface area contributed by atoms with Crippen LogP contribution in [0.4, 0.5) is 0 Å². The number of benzene rings is 1. The van der Waals surface area contributed by atoms with Crippen LogP contribution in [0.5, 0.6) is 0 Å². The van der Waals surface area contributed by atoms with E-state index in [0.29, 0.717) is 5.92 Å². The highest BCUT2D eigenvalue weighted by atomic mass is 127. The molecular weight excluding hydrogens is 351 g/mol. The van der Waals surface area contributed by atoms with Gasteiger partial charge in [-0.25, -0.2) is 0 Å². The van der Waals surface area contributed by atoms with Crippen molar-refractivity contribution in [1.29, 1.82) is 0 Å². The maximum Gasteiger partial charge on any atom is 0.188 e. The van der Waals surface area contributed by atoms with E-state index in [0.717, 1.165) is 21.7 Å². The molecule has 104 valence electrons. The lowest BCUT2D eigenvalue weighted by atomic mass is 9.83. The van der Waals surface area contributed by atoms with E-state index >= 15 is 0 Å². The Kier molecular flexibility index (Phi) is 5.82. The quantitative estimate of drug-likeness (QED) is 0.569. The van der Waals surface area contributed by atoms with Gasteiger partial charge < -0.3 is 4.74 Å². The average molecular weight is 372 g/mol. The fourth-order valence-corrected chi connectivity index (χ4v) is 3.11. The summed E-state index contributed by atoms with van der Waals surface area (Å²) in [6, 6.07) is 7.65. The van der Waals surface area contributed by atoms with Crippen LogP contribution in [0.2, 0.25) is 0 Å². The monoisotopic (exact) mass is 372 g/mol. The number of Topliss-reactive ketones (excluding diaryl/α,β-unsaturated/α-hetero) is 1. The van der Waals surface area contributed by atoms with Gasteiger partial charge in [0.05, 0.1) is 6.61 Å². The van der Waals surface area contributed by atoms with Crippen LogP contribution in [0.1, 0.15) is 43.0 Å². The van der Waals surface area contributed by atoms with Crippen molar-refractivity contribution in [3.05, 3.63) is 33.4 Å². The van der Waals surface area contributed by atoms with Crippen molar-refractivity contribution in [3.63, 3.8) is 0 Å². The Morgan fingerprint density at radius 3 is 2.74 bits per heavy atom. The maximum atomic E-state index is 11.9. The van der Waals surface area contributed by atoms with Crippen LogP contribution >= 0.6 is 22.6 Å². The van der Waals surface area contributed by atoms with Crippen LogP contribution in [0.25, 0.3) is 0 Å². The summed E-state index contributed by atoms with van der Waals surface area (Å²) in [4.78, 5) is 11.9. The molecule has 2 atom stereocenters. The molecule has 1 aromatic carbocycles. The van der Waals surface area contributed by atoms with Gasteiger partial charge >= 0.3 is 0 Å². The third kappa shape index (κ3) is 4.88. The first-order valence-corrected chi connectivity index (χ1v) is 8.09. The fourth-order valence-electron chi connectivity index (χ4n) is 2.75. The highest BCUT2D eigenvalue weighted by Gasteiger charge is 2.19. The predicted octanol–water partition coefficient (Wildman–Crippen LogP) is 4.32. The second kappa shape index (κ2) is 7.39. The van der Waals surface area contributed by atoms with Crippen molar-refractivity contribution in [2.45, 2.75) is 32.6 Å². The van der Waals surface area contributed by atoms with Crippen LogP contribution in [-0.4, -0.2) is 19.0 Å². The van der Waals surface area contributed by atoms with Crippen LogP contribution in [0.15, 0.2) is 24.3 Å². The SMILES string of the molecule is CC1CCCC(COCC(=O)c2ccc(I)cc2)C1. The smallest absolute Gasteiger partial charge is 0.188 e. The highest BCUT2D eigenvalue weighted by Crippen LogP contribution is 2.28. The molecule has 1 saturated carbocycles. The zero-order chi connectivity index (χ0) is 13.7. The second-order valence-electron chi connectivity index (χ2n) is 5.58. The molecule has 1 aromatic rings. The van der Waals surface area contributed by atoms with Gasteiger partial charge in [-0.1, -0.05) is 31.9 Å². The number of halogens is 1. The van der Waals surface area contributed by atoms with Crippen LogP contribution < -0.4 is 0 Å². The normalized spacial score (nSPS) is 23.3. The summed E-state index contributed by atoms with van der Waals surface area (Å²) in [5.74, 6) is 1.54. The lowest BCUT2D eigenvalue weighted by Gasteiger charge is -2.26. The number of rotatable bonds is 5. The minimum Gasteiger partial charge on any atom is -0.373 e. The average Bonchev–Trinajstić information content (AvgIpc) is 2.39. The van der Waals surface area contributed by atoms with E-state index in [1.807, 2.05) is 24.3 Å². The molecule has 0 aromatic heterocycles. The molecule has 1 fully saturated rings. The maximum absolute atomic E-state index is 11.9. The van der Waals surface area contributed by atoms with Crippen molar-refractivity contribution >= 4 is 28.4 Å². The zero-order valence-electron chi connectivity index (χ0n) is 11.4. The van der Waals surface area contributed by atoms with Gasteiger partial charge in [-0.3, -0.25) is 4.79 Å². The van der Waals surface area contributed by atoms with Gasteiger partial charge in [0.2, 0.25) is 0 Å². The molecule has 0 aliphatic heterocycles. The Morgan fingerprint density at radius 1 is 1.32 bits per heavy atom. The molecule has 0 bridgehead atoms. The zero-order valence-corrected chi connectivity index (χ0v) is 13.6. The van der Waals surface area contributed by atoms with E-state index in [1.165, 1.54) is 25.7 Å². The molecule has 19 heavy (non-hydrogen) atoms. The molecule has 1 aliphatic carbocycles. The molecule has 2 unspecified atom stereocenters. The van der Waals surface area contributed by atoms with Gasteiger partial charge in [0.15, 0.2) is 5.78 Å². The number of carbonyl (C=O) groups is 1. The Bertz CT molecular complexity index is 413. The fraction of sp³-hybridized carbons (Fsp3) is 0.562. The molecule has 2 nitrogen and oxygen atoms in total. The van der Waals surface area contributed by atoms with Gasteiger partial charge in [-0.15, -0.1) is 0 Å². The van der Waals surface area contributed by atoms with E-state index in [4.69, 9.17) is 4.74 Å². The summed E-state index contributed by atoms with van der Waals surface area (Å²) in [6.07, 6.45) is 5.15. The first kappa shape index (κ1) is 15.0. The number of carbonyl (C=O) groups excluding carboxylic acids is 1. The van der Waals surface area contributed by atoms with E-state index in [9.17, 15) is 4.79 Å². The molecule has 1 aliphatic rings. The van der Waals surface area contributed by atoms with E-state index in [2.05, 4.69) is 29.5 Å². The first-order chi connectivity index (χ1) is 9.15. The number of ketones is 1. The molecular formula is C16H21IO2. The predicted molar refractivity (Wildman–Crippen MR) is 85.4 cm³/mol. The number of hydrogen-bond acceptors (Lipinski definition) is 2. The Hall–Kier alpha value is -0.420. The lowest BCUT2D eigenvalue weighted by Crippen LogP contribution is -2.20. The lowest BCUT2D eigenvalue weighted by molar-refractivity contribution is 0.0594. The molecule has 0 saturated heterocycles. The standard InChI is InChI=1S/C16H21IO2/c1-12-3-2-4-13(9-12)10-19-11-16(18)14-5-7-15(17)8-6-14/h5-8,12-13H,2-4,9-11H2,1H3. The van der Waals surface area contributed by atoms with Gasteiger partial charge in [-0.05, 0) is 59.4 Å². The van der Waals surface area contributed by atoms with E-state index < -0.39 is 0 Å². The summed E-state index contributed by atoms with van der Waals surface area (Å²) in [6.45, 7) is 3.26. The molecule has 0 heterocycles. The Morgan fingerprint density at radius 2 is 2.05 bits per heavy atom. The van der Waals surface area contributed by atoms with Crippen LogP contribution in [-0.2, 0) is 4.74 Å². The summed E-state index contributed by atoms with van der Waals surface area (Å²) in [5.41, 5.74) is 0.748. The summed E-state index contributed by atoms with van der Waals surface area (Å²) in [7, 11) is 0. The van der Waals surface area contributed by atoms with Crippen molar-refractivity contribution in [2.75, 3.05) is 13.2 Å². The first-order valence-electron chi connectivity index (χ1n) is 7.01. The summed E-state index contributed by atoms with van der Waals surface area (Å²) in [5, 5.41) is 0. The van der Waals surface area contributed by atoms with E-state index in [1.54, 1.807) is 0 Å². The minimum atomic E-state index is 0.0836. The minimum absolute atomic E-state index is 0.0836. The van der Waals surface area contributed by atoms with Crippen LogP contribution in [0.3, 0.4) is 0 Å². The van der Waals surface area contributed by atoms with Gasteiger partial charge in [-0.2, -0.15) is 0 Å². The second-order valence-corrected chi connectivity index (χ2v) is 6.83. The van der Waals surface area contributed by atoms with Crippen molar-refractivity contribution < 1.29 is 9.53 Å². The topological polar surface area (TPSA) is 26.3 Å². The highest BCUT2D eigenvalue weighted by molar-refractivity contribution is 14.1. The van der Waals surface area contributed by atoms with E-state index in [-0.39, 0.29) is 12.4 Å². The molecule has 3 heteroatoms. The largest absolute Gasteiger partial charge is 0.373 e. The molecule has 0 N–H and O–H groups in total. The van der Waals surface area contributed by atoms with Crippen LogP contribution in [0, 0.1) is 15.4 Å². The Balaban J connectivity index is 1.73.